The molecule has 0 aromatic heterocycles. The summed E-state index contributed by atoms with van der Waals surface area (Å²) in [6.45, 7) is 6.76. The van der Waals surface area contributed by atoms with Crippen molar-refractivity contribution in [3.8, 4) is 11.5 Å². The molecule has 3 aliphatic rings. The van der Waals surface area contributed by atoms with Crippen LogP contribution in [0.15, 0.2) is 36.4 Å². The van der Waals surface area contributed by atoms with E-state index in [9.17, 15) is 9.59 Å². The molecule has 5 rings (SSSR count). The van der Waals surface area contributed by atoms with Crippen LogP contribution in [-0.4, -0.2) is 43.1 Å². The quantitative estimate of drug-likeness (QED) is 0.708. The van der Waals surface area contributed by atoms with Gasteiger partial charge in [0.25, 0.3) is 5.91 Å². The predicted octanol–water partition coefficient (Wildman–Crippen LogP) is 4.31. The van der Waals surface area contributed by atoms with Gasteiger partial charge in [0.2, 0.25) is 0 Å². The number of nitrogens with zero attached hydrogens (tertiary/aromatic N) is 1. The van der Waals surface area contributed by atoms with Crippen LogP contribution in [0.25, 0.3) is 0 Å². The minimum Gasteiger partial charge on any atom is -0.486 e. The Hall–Kier alpha value is -3.22. The molecule has 7 nitrogen and oxygen atoms in total. The molecule has 1 spiro atoms. The molecular weight excluding hydrogens is 430 g/mol. The van der Waals surface area contributed by atoms with Gasteiger partial charge in [-0.1, -0.05) is 25.0 Å². The summed E-state index contributed by atoms with van der Waals surface area (Å²) in [6.07, 6.45) is 4.49. The highest BCUT2D eigenvalue weighted by Gasteiger charge is 2.46. The lowest BCUT2D eigenvalue weighted by Crippen LogP contribution is -2.51. The number of benzene rings is 2. The number of fused-ring (bicyclic) bond motifs is 3. The van der Waals surface area contributed by atoms with Gasteiger partial charge in [0.1, 0.15) is 13.2 Å². The number of rotatable bonds is 4. The fourth-order valence-corrected chi connectivity index (χ4v) is 5.72. The smallest absolute Gasteiger partial charge is 0.318 e. The molecular formula is C27H33N3O4. The minimum absolute atomic E-state index is 0.0345. The summed E-state index contributed by atoms with van der Waals surface area (Å²) in [4.78, 5) is 27.6. The Kier molecular flexibility index (Phi) is 6.11. The molecule has 0 radical (unpaired) electrons. The summed E-state index contributed by atoms with van der Waals surface area (Å²) in [5.41, 5.74) is 3.95. The minimum atomic E-state index is -0.102. The van der Waals surface area contributed by atoms with Crippen molar-refractivity contribution in [1.82, 2.24) is 15.5 Å². The number of hydrogen-bond donors (Lipinski definition) is 2. The zero-order chi connectivity index (χ0) is 23.7. The first-order valence-corrected chi connectivity index (χ1v) is 12.4. The van der Waals surface area contributed by atoms with Gasteiger partial charge in [0, 0.05) is 30.6 Å². The summed E-state index contributed by atoms with van der Waals surface area (Å²) in [5, 5.41) is 5.91. The molecule has 1 unspecified atom stereocenters. The van der Waals surface area contributed by atoms with Gasteiger partial charge >= 0.3 is 6.03 Å². The zero-order valence-electron chi connectivity index (χ0n) is 20.0. The summed E-state index contributed by atoms with van der Waals surface area (Å²) in [6, 6.07) is 11.5. The van der Waals surface area contributed by atoms with Crippen molar-refractivity contribution in [3.05, 3.63) is 58.7 Å². The summed E-state index contributed by atoms with van der Waals surface area (Å²) >= 11 is 0. The molecule has 0 saturated heterocycles. The monoisotopic (exact) mass is 463 g/mol. The van der Waals surface area contributed by atoms with E-state index in [1.165, 1.54) is 18.4 Å². The van der Waals surface area contributed by atoms with Gasteiger partial charge in [-0.05, 0) is 67.6 Å². The highest BCUT2D eigenvalue weighted by molar-refractivity contribution is 5.94. The molecule has 1 aliphatic carbocycles. The Morgan fingerprint density at radius 3 is 2.53 bits per heavy atom. The van der Waals surface area contributed by atoms with Crippen molar-refractivity contribution >= 4 is 11.9 Å². The second kappa shape index (κ2) is 9.20. The van der Waals surface area contributed by atoms with Crippen molar-refractivity contribution in [2.45, 2.75) is 57.5 Å². The number of nitrogens with one attached hydrogen (secondary N) is 2. The van der Waals surface area contributed by atoms with E-state index in [-0.39, 0.29) is 23.4 Å². The first kappa shape index (κ1) is 22.6. The van der Waals surface area contributed by atoms with Crippen LogP contribution in [-0.2, 0) is 12.0 Å². The van der Waals surface area contributed by atoms with Crippen molar-refractivity contribution < 1.29 is 19.1 Å². The van der Waals surface area contributed by atoms with Gasteiger partial charge < -0.3 is 25.0 Å². The maximum Gasteiger partial charge on any atom is 0.318 e. The third-order valence-electron chi connectivity index (χ3n) is 7.47. The van der Waals surface area contributed by atoms with E-state index in [0.29, 0.717) is 38.4 Å². The van der Waals surface area contributed by atoms with Gasteiger partial charge in [-0.15, -0.1) is 0 Å². The second-order valence-corrected chi connectivity index (χ2v) is 9.59. The molecule has 0 bridgehead atoms. The van der Waals surface area contributed by atoms with Gasteiger partial charge in [0.05, 0.1) is 6.04 Å². The lowest BCUT2D eigenvalue weighted by Gasteiger charge is -2.46. The van der Waals surface area contributed by atoms with Crippen molar-refractivity contribution in [3.63, 3.8) is 0 Å². The molecule has 1 saturated carbocycles. The molecule has 2 aromatic carbocycles. The van der Waals surface area contributed by atoms with E-state index in [0.717, 1.165) is 35.5 Å². The highest BCUT2D eigenvalue weighted by atomic mass is 16.6. The van der Waals surface area contributed by atoms with Crippen LogP contribution in [0.4, 0.5) is 4.79 Å². The Balaban J connectivity index is 1.37. The van der Waals surface area contributed by atoms with E-state index in [2.05, 4.69) is 29.7 Å². The van der Waals surface area contributed by atoms with Crippen LogP contribution in [0.2, 0.25) is 0 Å². The number of carbonyl (C=O) groups excluding carboxylic acids is 2. The largest absolute Gasteiger partial charge is 0.486 e. The van der Waals surface area contributed by atoms with E-state index in [1.54, 1.807) is 6.07 Å². The SMILES string of the molecule is CCNC(=O)c1cccc(CNC(=O)N2CC3(CCCC3)c3cc4c(cc3C2C)OCCO4)c1. The lowest BCUT2D eigenvalue weighted by atomic mass is 9.71. The van der Waals surface area contributed by atoms with E-state index >= 15 is 0 Å². The third kappa shape index (κ3) is 4.08. The fraction of sp³-hybridized carbons (Fsp3) is 0.481. The Bertz CT molecular complexity index is 1090. The standard InChI is InChI=1S/C27H33N3O4/c1-3-28-25(31)20-8-6-7-19(13-20)16-29-26(32)30-17-27(9-4-5-10-27)22-15-24-23(33-11-12-34-24)14-21(22)18(30)2/h6-8,13-15,18H,3-5,9-12,16-17H2,1-2H3,(H,28,31)(H,29,32). The summed E-state index contributed by atoms with van der Waals surface area (Å²) in [5.74, 6) is 1.50. The summed E-state index contributed by atoms with van der Waals surface area (Å²) < 4.78 is 11.7. The van der Waals surface area contributed by atoms with Gasteiger partial charge in [-0.2, -0.15) is 0 Å². The van der Waals surface area contributed by atoms with Crippen LogP contribution in [0.3, 0.4) is 0 Å². The molecule has 2 aromatic rings. The highest BCUT2D eigenvalue weighted by Crippen LogP contribution is 2.51. The first-order chi connectivity index (χ1) is 16.5. The molecule has 2 N–H and O–H groups in total. The van der Waals surface area contributed by atoms with Crippen molar-refractivity contribution in [2.24, 2.45) is 0 Å². The fourth-order valence-electron chi connectivity index (χ4n) is 5.72. The predicted molar refractivity (Wildman–Crippen MR) is 129 cm³/mol. The Morgan fingerprint density at radius 2 is 1.79 bits per heavy atom. The van der Waals surface area contributed by atoms with Crippen LogP contribution < -0.4 is 20.1 Å². The molecule has 34 heavy (non-hydrogen) atoms. The van der Waals surface area contributed by atoms with Crippen molar-refractivity contribution in [2.75, 3.05) is 26.3 Å². The van der Waals surface area contributed by atoms with Gasteiger partial charge in [-0.25, -0.2) is 4.79 Å². The van der Waals surface area contributed by atoms with Gasteiger partial charge in [-0.3, -0.25) is 4.79 Å². The number of hydrogen-bond acceptors (Lipinski definition) is 4. The van der Waals surface area contributed by atoms with Gasteiger partial charge in [0.15, 0.2) is 11.5 Å². The average molecular weight is 464 g/mol. The average Bonchev–Trinajstić information content (AvgIpc) is 3.33. The third-order valence-corrected chi connectivity index (χ3v) is 7.47. The molecule has 1 fully saturated rings. The van der Waals surface area contributed by atoms with E-state index in [4.69, 9.17) is 9.47 Å². The van der Waals surface area contributed by atoms with E-state index in [1.807, 2.05) is 30.0 Å². The maximum absolute atomic E-state index is 13.4. The Labute approximate surface area is 200 Å². The van der Waals surface area contributed by atoms with Crippen LogP contribution >= 0.6 is 0 Å². The Morgan fingerprint density at radius 1 is 1.06 bits per heavy atom. The maximum atomic E-state index is 13.4. The molecule has 1 atom stereocenters. The second-order valence-electron chi connectivity index (χ2n) is 9.59. The van der Waals surface area contributed by atoms with Crippen LogP contribution in [0, 0.1) is 0 Å². The van der Waals surface area contributed by atoms with Crippen molar-refractivity contribution in [1.29, 1.82) is 0 Å². The molecule has 180 valence electrons. The van der Waals surface area contributed by atoms with Crippen LogP contribution in [0.5, 0.6) is 11.5 Å². The van der Waals surface area contributed by atoms with Crippen LogP contribution in [0.1, 0.15) is 72.6 Å². The number of urea groups is 1. The molecule has 7 heteroatoms. The first-order valence-electron chi connectivity index (χ1n) is 12.4. The topological polar surface area (TPSA) is 79.9 Å². The molecule has 2 aliphatic heterocycles. The van der Waals surface area contributed by atoms with E-state index < -0.39 is 0 Å². The summed E-state index contributed by atoms with van der Waals surface area (Å²) in [7, 11) is 0. The number of carbonyl (C=O) groups is 2. The normalized spacial score (nSPS) is 20.1. The molecule has 3 amide bonds. The molecule has 2 heterocycles. The number of ether oxygens (including phenoxy) is 2. The zero-order valence-corrected chi connectivity index (χ0v) is 20.0. The lowest BCUT2D eigenvalue weighted by molar-refractivity contribution is 0.0955. The number of amides is 3.